The smallest absolute Gasteiger partial charge is 0.223 e. The van der Waals surface area contributed by atoms with E-state index in [2.05, 4.69) is 10.5 Å². The number of carbonyl (C=O) groups excluding carboxylic acids is 1. The number of aryl methyl sites for hydroxylation is 2. The number of hydrogen-bond acceptors (Lipinski definition) is 4. The molecule has 1 heterocycles. The zero-order chi connectivity index (χ0) is 13.0. The second-order valence-corrected chi connectivity index (χ2v) is 4.50. The molecule has 1 amide bonds. The van der Waals surface area contributed by atoms with E-state index in [0.29, 0.717) is 6.42 Å². The van der Waals surface area contributed by atoms with Crippen LogP contribution < -0.4 is 5.32 Å². The van der Waals surface area contributed by atoms with Crippen LogP contribution in [0.5, 0.6) is 0 Å². The summed E-state index contributed by atoms with van der Waals surface area (Å²) in [5.41, 5.74) is 1.82. The second kappa shape index (κ2) is 5.82. The molecule has 1 aromatic heterocycles. The van der Waals surface area contributed by atoms with Gasteiger partial charge in [-0.3, -0.25) is 4.79 Å². The van der Waals surface area contributed by atoms with Crippen molar-refractivity contribution in [1.29, 1.82) is 0 Å². The summed E-state index contributed by atoms with van der Waals surface area (Å²) in [5.74, 6) is 0.532. The number of aliphatic hydroxyl groups is 1. The molecule has 2 N–H and O–H groups in total. The Hall–Kier alpha value is -1.36. The third-order valence-corrected chi connectivity index (χ3v) is 2.80. The number of amides is 1. The van der Waals surface area contributed by atoms with Gasteiger partial charge in [-0.15, -0.1) is 0 Å². The number of aromatic nitrogens is 1. The molecule has 1 aromatic rings. The summed E-state index contributed by atoms with van der Waals surface area (Å²) in [4.78, 5) is 11.8. The highest BCUT2D eigenvalue weighted by Crippen LogP contribution is 2.17. The standard InChI is InChI=1S/C12H20N2O3/c1-7(12(16)13-8(2)6-15)5-11-9(3)14-17-10(11)4/h7-8,15H,5-6H2,1-4H3,(H,13,16). The van der Waals surface area contributed by atoms with Crippen LogP contribution >= 0.6 is 0 Å². The van der Waals surface area contributed by atoms with Crippen LogP contribution in [0.2, 0.25) is 0 Å². The van der Waals surface area contributed by atoms with E-state index in [4.69, 9.17) is 9.63 Å². The molecule has 0 radical (unpaired) electrons. The molecule has 17 heavy (non-hydrogen) atoms. The fraction of sp³-hybridized carbons (Fsp3) is 0.667. The molecule has 5 heteroatoms. The van der Waals surface area contributed by atoms with E-state index < -0.39 is 0 Å². The lowest BCUT2D eigenvalue weighted by Gasteiger charge is -2.15. The molecule has 0 aliphatic rings. The summed E-state index contributed by atoms with van der Waals surface area (Å²) in [5, 5.41) is 15.5. The summed E-state index contributed by atoms with van der Waals surface area (Å²) in [6.07, 6.45) is 0.602. The minimum Gasteiger partial charge on any atom is -0.394 e. The molecule has 0 aliphatic carbocycles. The van der Waals surface area contributed by atoms with Crippen molar-refractivity contribution >= 4 is 5.91 Å². The summed E-state index contributed by atoms with van der Waals surface area (Å²) in [6.45, 7) is 7.28. The zero-order valence-electron chi connectivity index (χ0n) is 10.8. The molecule has 2 unspecified atom stereocenters. The van der Waals surface area contributed by atoms with Gasteiger partial charge in [0.25, 0.3) is 0 Å². The predicted molar refractivity (Wildman–Crippen MR) is 63.5 cm³/mol. The zero-order valence-corrected chi connectivity index (χ0v) is 10.8. The van der Waals surface area contributed by atoms with E-state index in [1.807, 2.05) is 20.8 Å². The van der Waals surface area contributed by atoms with Crippen molar-refractivity contribution in [3.8, 4) is 0 Å². The van der Waals surface area contributed by atoms with Crippen LogP contribution in [0.4, 0.5) is 0 Å². The van der Waals surface area contributed by atoms with Gasteiger partial charge in [-0.1, -0.05) is 12.1 Å². The van der Waals surface area contributed by atoms with Gasteiger partial charge in [0.2, 0.25) is 5.91 Å². The monoisotopic (exact) mass is 240 g/mol. The first-order chi connectivity index (χ1) is 7.95. The van der Waals surface area contributed by atoms with Crippen LogP contribution in [0.15, 0.2) is 4.52 Å². The Kier molecular flexibility index (Phi) is 4.69. The molecule has 96 valence electrons. The van der Waals surface area contributed by atoms with Gasteiger partial charge in [0.1, 0.15) is 5.76 Å². The van der Waals surface area contributed by atoms with Gasteiger partial charge >= 0.3 is 0 Å². The number of rotatable bonds is 5. The summed E-state index contributed by atoms with van der Waals surface area (Å²) in [7, 11) is 0. The van der Waals surface area contributed by atoms with Crippen molar-refractivity contribution in [2.45, 2.75) is 40.2 Å². The molecule has 0 saturated heterocycles. The summed E-state index contributed by atoms with van der Waals surface area (Å²) in [6, 6.07) is -0.213. The Labute approximate surface area is 101 Å². The van der Waals surface area contributed by atoms with Gasteiger partial charge in [0, 0.05) is 17.5 Å². The number of carbonyl (C=O) groups is 1. The lowest BCUT2D eigenvalue weighted by molar-refractivity contribution is -0.125. The van der Waals surface area contributed by atoms with Crippen LogP contribution in [0.1, 0.15) is 30.9 Å². The van der Waals surface area contributed by atoms with Crippen LogP contribution in [-0.4, -0.2) is 28.8 Å². The van der Waals surface area contributed by atoms with Gasteiger partial charge in [-0.05, 0) is 27.2 Å². The first-order valence-electron chi connectivity index (χ1n) is 5.78. The SMILES string of the molecule is Cc1noc(C)c1CC(C)C(=O)NC(C)CO. The highest BCUT2D eigenvalue weighted by molar-refractivity contribution is 5.78. The Balaban J connectivity index is 2.60. The van der Waals surface area contributed by atoms with Crippen LogP contribution in [0, 0.1) is 19.8 Å². The molecule has 1 rings (SSSR count). The highest BCUT2D eigenvalue weighted by atomic mass is 16.5. The van der Waals surface area contributed by atoms with Crippen molar-refractivity contribution in [3.05, 3.63) is 17.0 Å². The minimum atomic E-state index is -0.213. The summed E-state index contributed by atoms with van der Waals surface area (Å²) >= 11 is 0. The third kappa shape index (κ3) is 3.56. The van der Waals surface area contributed by atoms with Crippen molar-refractivity contribution in [1.82, 2.24) is 10.5 Å². The molecule has 0 aliphatic heterocycles. The van der Waals surface area contributed by atoms with Crippen LogP contribution in [-0.2, 0) is 11.2 Å². The fourth-order valence-corrected chi connectivity index (χ4v) is 1.62. The summed E-state index contributed by atoms with van der Waals surface area (Å²) < 4.78 is 5.06. The van der Waals surface area contributed by atoms with Crippen LogP contribution in [0.3, 0.4) is 0 Å². The molecule has 2 atom stereocenters. The average molecular weight is 240 g/mol. The quantitative estimate of drug-likeness (QED) is 0.804. The number of nitrogens with one attached hydrogen (secondary N) is 1. The Bertz CT molecular complexity index is 368. The van der Waals surface area contributed by atoms with E-state index in [0.717, 1.165) is 17.0 Å². The van der Waals surface area contributed by atoms with Crippen molar-refractivity contribution < 1.29 is 14.4 Å². The van der Waals surface area contributed by atoms with Gasteiger partial charge in [-0.2, -0.15) is 0 Å². The molecule has 0 saturated carbocycles. The maximum absolute atomic E-state index is 11.8. The van der Waals surface area contributed by atoms with E-state index in [9.17, 15) is 4.79 Å². The normalized spacial score (nSPS) is 14.4. The topological polar surface area (TPSA) is 75.4 Å². The minimum absolute atomic E-state index is 0.0518. The number of hydrogen-bond donors (Lipinski definition) is 2. The Morgan fingerprint density at radius 3 is 2.59 bits per heavy atom. The largest absolute Gasteiger partial charge is 0.394 e. The molecular weight excluding hydrogens is 220 g/mol. The molecule has 0 aromatic carbocycles. The number of nitrogens with zero attached hydrogens (tertiary/aromatic N) is 1. The molecule has 5 nitrogen and oxygen atoms in total. The maximum Gasteiger partial charge on any atom is 0.223 e. The van der Waals surface area contributed by atoms with E-state index >= 15 is 0 Å². The lowest BCUT2D eigenvalue weighted by atomic mass is 9.99. The van der Waals surface area contributed by atoms with Crippen molar-refractivity contribution in [2.75, 3.05) is 6.61 Å². The van der Waals surface area contributed by atoms with Crippen molar-refractivity contribution in [3.63, 3.8) is 0 Å². The highest BCUT2D eigenvalue weighted by Gasteiger charge is 2.19. The number of aliphatic hydroxyl groups excluding tert-OH is 1. The first kappa shape index (κ1) is 13.7. The average Bonchev–Trinajstić information content (AvgIpc) is 2.60. The predicted octanol–water partition coefficient (Wildman–Crippen LogP) is 0.967. The molecule has 0 spiro atoms. The molecule has 0 fully saturated rings. The van der Waals surface area contributed by atoms with Crippen molar-refractivity contribution in [2.24, 2.45) is 5.92 Å². The molecular formula is C12H20N2O3. The Morgan fingerprint density at radius 2 is 2.12 bits per heavy atom. The first-order valence-corrected chi connectivity index (χ1v) is 5.78. The van der Waals surface area contributed by atoms with Gasteiger partial charge < -0.3 is 14.9 Å². The van der Waals surface area contributed by atoms with Gasteiger partial charge in [0.15, 0.2) is 0 Å². The van der Waals surface area contributed by atoms with Gasteiger partial charge in [0.05, 0.1) is 12.3 Å². The Morgan fingerprint density at radius 1 is 1.47 bits per heavy atom. The molecule has 0 bridgehead atoms. The lowest BCUT2D eigenvalue weighted by Crippen LogP contribution is -2.39. The fourth-order valence-electron chi connectivity index (χ4n) is 1.62. The maximum atomic E-state index is 11.8. The van der Waals surface area contributed by atoms with Gasteiger partial charge in [-0.25, -0.2) is 0 Å². The van der Waals surface area contributed by atoms with E-state index in [1.54, 1.807) is 6.92 Å². The third-order valence-electron chi connectivity index (χ3n) is 2.80. The van der Waals surface area contributed by atoms with E-state index in [1.165, 1.54) is 0 Å². The van der Waals surface area contributed by atoms with E-state index in [-0.39, 0.29) is 24.5 Å². The van der Waals surface area contributed by atoms with Crippen LogP contribution in [0.25, 0.3) is 0 Å². The second-order valence-electron chi connectivity index (χ2n) is 4.50.